The second kappa shape index (κ2) is 4.67. The van der Waals surface area contributed by atoms with Crippen molar-refractivity contribution in [2.45, 2.75) is 5.72 Å². The number of Topliss-reactive ketones (excluding diaryl/α,β-unsaturated/α-hetero) is 1. The SMILES string of the molecule is O=C1OC2(Nc3c(c4nccnc4c4ccccc34)C2=O)c2ccccc21. The summed E-state index contributed by atoms with van der Waals surface area (Å²) in [6.07, 6.45) is 3.17. The van der Waals surface area contributed by atoms with Crippen LogP contribution in [0.25, 0.3) is 21.8 Å². The summed E-state index contributed by atoms with van der Waals surface area (Å²) < 4.78 is 5.63. The molecule has 1 atom stereocenters. The van der Waals surface area contributed by atoms with Crippen molar-refractivity contribution in [1.29, 1.82) is 0 Å². The number of nitrogens with one attached hydrogen (secondary N) is 1. The molecule has 3 heterocycles. The normalized spacial score (nSPS) is 20.0. The lowest BCUT2D eigenvalue weighted by molar-refractivity contribution is 0.0111. The number of nitrogens with zero attached hydrogens (tertiary/aromatic N) is 2. The minimum atomic E-state index is -1.55. The van der Waals surface area contributed by atoms with Crippen LogP contribution >= 0.6 is 0 Å². The third kappa shape index (κ3) is 1.60. The number of esters is 1. The number of carbonyl (C=O) groups excluding carboxylic acids is 2. The van der Waals surface area contributed by atoms with Gasteiger partial charge in [0.2, 0.25) is 5.78 Å². The van der Waals surface area contributed by atoms with Crippen LogP contribution in [-0.4, -0.2) is 21.7 Å². The average molecular weight is 353 g/mol. The summed E-state index contributed by atoms with van der Waals surface area (Å²) in [4.78, 5) is 34.9. The molecule has 0 aliphatic carbocycles. The van der Waals surface area contributed by atoms with Crippen LogP contribution in [0.1, 0.15) is 26.3 Å². The van der Waals surface area contributed by atoms with E-state index in [1.807, 2.05) is 24.3 Å². The van der Waals surface area contributed by atoms with Gasteiger partial charge in [0.05, 0.1) is 22.3 Å². The first-order chi connectivity index (χ1) is 13.2. The Labute approximate surface area is 152 Å². The quantitative estimate of drug-likeness (QED) is 0.385. The third-order valence-electron chi connectivity index (χ3n) is 5.26. The van der Waals surface area contributed by atoms with E-state index in [9.17, 15) is 9.59 Å². The highest BCUT2D eigenvalue weighted by Gasteiger charge is 2.57. The van der Waals surface area contributed by atoms with Gasteiger partial charge >= 0.3 is 5.97 Å². The van der Waals surface area contributed by atoms with E-state index in [2.05, 4.69) is 15.3 Å². The summed E-state index contributed by atoms with van der Waals surface area (Å²) in [5, 5.41) is 4.94. The van der Waals surface area contributed by atoms with Crippen molar-refractivity contribution in [2.75, 3.05) is 5.32 Å². The summed E-state index contributed by atoms with van der Waals surface area (Å²) in [6.45, 7) is 0. The number of ether oxygens (including phenoxy) is 1. The van der Waals surface area contributed by atoms with Gasteiger partial charge in [0.1, 0.15) is 5.52 Å². The van der Waals surface area contributed by atoms with Crippen molar-refractivity contribution in [3.63, 3.8) is 0 Å². The molecule has 0 amide bonds. The molecule has 2 aliphatic rings. The van der Waals surface area contributed by atoms with Crippen LogP contribution in [0.4, 0.5) is 5.69 Å². The summed E-state index contributed by atoms with van der Waals surface area (Å²) in [6, 6.07) is 14.6. The molecule has 4 aromatic rings. The minimum Gasteiger partial charge on any atom is -0.423 e. The number of anilines is 1. The number of fused-ring (bicyclic) bond motifs is 8. The van der Waals surface area contributed by atoms with Crippen molar-refractivity contribution in [2.24, 2.45) is 0 Å². The van der Waals surface area contributed by atoms with E-state index >= 15 is 0 Å². The van der Waals surface area contributed by atoms with E-state index in [-0.39, 0.29) is 5.78 Å². The van der Waals surface area contributed by atoms with Crippen LogP contribution in [-0.2, 0) is 10.5 Å². The van der Waals surface area contributed by atoms with E-state index < -0.39 is 11.7 Å². The van der Waals surface area contributed by atoms with E-state index in [4.69, 9.17) is 4.74 Å². The lowest BCUT2D eigenvalue weighted by atomic mass is 9.94. The lowest BCUT2D eigenvalue weighted by Gasteiger charge is -2.22. The third-order valence-corrected chi connectivity index (χ3v) is 5.26. The molecular weight excluding hydrogens is 342 g/mol. The first-order valence-corrected chi connectivity index (χ1v) is 8.52. The van der Waals surface area contributed by atoms with Gasteiger partial charge in [-0.05, 0) is 6.07 Å². The predicted octanol–water partition coefficient (Wildman–Crippen LogP) is 3.41. The largest absolute Gasteiger partial charge is 0.423 e. The van der Waals surface area contributed by atoms with Gasteiger partial charge in [-0.2, -0.15) is 0 Å². The Morgan fingerprint density at radius 2 is 1.56 bits per heavy atom. The van der Waals surface area contributed by atoms with Crippen molar-refractivity contribution in [3.8, 4) is 0 Å². The van der Waals surface area contributed by atoms with E-state index in [0.29, 0.717) is 33.4 Å². The highest BCUT2D eigenvalue weighted by molar-refractivity contribution is 6.28. The number of carbonyl (C=O) groups is 2. The highest BCUT2D eigenvalue weighted by Crippen LogP contribution is 2.49. The molecule has 1 unspecified atom stereocenters. The molecule has 0 radical (unpaired) electrons. The zero-order valence-corrected chi connectivity index (χ0v) is 13.9. The molecule has 6 heteroatoms. The fraction of sp³-hybridized carbons (Fsp3) is 0.0476. The monoisotopic (exact) mass is 353 g/mol. The van der Waals surface area contributed by atoms with Gasteiger partial charge in [0.15, 0.2) is 0 Å². The van der Waals surface area contributed by atoms with Crippen LogP contribution in [0.5, 0.6) is 0 Å². The molecule has 1 N–H and O–H groups in total. The number of hydrogen-bond donors (Lipinski definition) is 1. The molecule has 0 fully saturated rings. The number of ketones is 1. The Balaban J connectivity index is 1.74. The van der Waals surface area contributed by atoms with Gasteiger partial charge in [0, 0.05) is 28.7 Å². The van der Waals surface area contributed by atoms with Crippen molar-refractivity contribution < 1.29 is 14.3 Å². The van der Waals surface area contributed by atoms with Crippen molar-refractivity contribution in [3.05, 3.63) is 77.6 Å². The van der Waals surface area contributed by atoms with Crippen LogP contribution in [0.15, 0.2) is 60.9 Å². The van der Waals surface area contributed by atoms with Gasteiger partial charge < -0.3 is 10.1 Å². The van der Waals surface area contributed by atoms with Gasteiger partial charge in [-0.3, -0.25) is 14.8 Å². The molecule has 3 aromatic carbocycles. The molecule has 0 saturated heterocycles. The maximum absolute atomic E-state index is 13.6. The fourth-order valence-electron chi connectivity index (χ4n) is 4.12. The Kier molecular flexibility index (Phi) is 2.49. The Morgan fingerprint density at radius 3 is 2.41 bits per heavy atom. The molecule has 0 saturated carbocycles. The zero-order chi connectivity index (χ0) is 18.2. The van der Waals surface area contributed by atoms with Gasteiger partial charge in [-0.1, -0.05) is 42.5 Å². The molecule has 27 heavy (non-hydrogen) atoms. The number of benzene rings is 3. The minimum absolute atomic E-state index is 0.327. The maximum atomic E-state index is 13.6. The molecule has 0 bridgehead atoms. The van der Waals surface area contributed by atoms with Crippen molar-refractivity contribution >= 4 is 39.2 Å². The highest BCUT2D eigenvalue weighted by atomic mass is 16.6. The smallest absolute Gasteiger partial charge is 0.341 e. The van der Waals surface area contributed by atoms with Gasteiger partial charge in [0.25, 0.3) is 5.72 Å². The fourth-order valence-corrected chi connectivity index (χ4v) is 4.12. The van der Waals surface area contributed by atoms with Crippen LogP contribution in [0.2, 0.25) is 0 Å². The molecule has 1 aromatic heterocycles. The predicted molar refractivity (Wildman–Crippen MR) is 98.5 cm³/mol. The van der Waals surface area contributed by atoms with E-state index in [1.165, 1.54) is 0 Å². The summed E-state index contributed by atoms with van der Waals surface area (Å²) in [7, 11) is 0. The molecule has 1 spiro atoms. The lowest BCUT2D eigenvalue weighted by Crippen LogP contribution is -2.38. The maximum Gasteiger partial charge on any atom is 0.341 e. The topological polar surface area (TPSA) is 81.2 Å². The Hall–Kier alpha value is -3.80. The summed E-state index contributed by atoms with van der Waals surface area (Å²) in [5.74, 6) is -0.842. The molecule has 6 rings (SSSR count). The first-order valence-electron chi connectivity index (χ1n) is 8.52. The van der Waals surface area contributed by atoms with Crippen LogP contribution in [0, 0.1) is 0 Å². The van der Waals surface area contributed by atoms with Gasteiger partial charge in [-0.25, -0.2) is 4.79 Å². The Bertz CT molecular complexity index is 1330. The summed E-state index contributed by atoms with van der Waals surface area (Å²) in [5.41, 5.74) is 1.54. The second-order valence-corrected chi connectivity index (χ2v) is 6.62. The van der Waals surface area contributed by atoms with E-state index in [1.54, 1.807) is 36.7 Å². The standard InChI is InChI=1S/C21H11N3O3/c25-19-15-16(24-21(19)14-8-4-3-7-13(14)20(26)27-21)11-5-1-2-6-12(11)17-18(15)23-10-9-22-17/h1-10,24H. The molecule has 2 aliphatic heterocycles. The second-order valence-electron chi connectivity index (χ2n) is 6.62. The number of hydrogen-bond acceptors (Lipinski definition) is 6. The first kappa shape index (κ1) is 14.4. The van der Waals surface area contributed by atoms with Crippen molar-refractivity contribution in [1.82, 2.24) is 9.97 Å². The number of aromatic nitrogens is 2. The van der Waals surface area contributed by atoms with Crippen LogP contribution < -0.4 is 5.32 Å². The number of rotatable bonds is 0. The Morgan fingerprint density at radius 1 is 0.852 bits per heavy atom. The van der Waals surface area contributed by atoms with Gasteiger partial charge in [-0.15, -0.1) is 0 Å². The summed E-state index contributed by atoms with van der Waals surface area (Å²) >= 11 is 0. The molecule has 6 nitrogen and oxygen atoms in total. The zero-order valence-electron chi connectivity index (χ0n) is 13.9. The van der Waals surface area contributed by atoms with Crippen LogP contribution in [0.3, 0.4) is 0 Å². The molecule has 128 valence electrons. The molecular formula is C21H11N3O3. The van der Waals surface area contributed by atoms with E-state index in [0.717, 1.165) is 10.8 Å². The average Bonchev–Trinajstić information content (AvgIpc) is 3.17.